The van der Waals surface area contributed by atoms with E-state index in [2.05, 4.69) is 17.1 Å². The van der Waals surface area contributed by atoms with Gasteiger partial charge in [-0.3, -0.25) is 4.79 Å². The summed E-state index contributed by atoms with van der Waals surface area (Å²) in [5, 5.41) is 3.06. The Morgan fingerprint density at radius 3 is 2.76 bits per heavy atom. The highest BCUT2D eigenvalue weighted by atomic mass is 16.2. The van der Waals surface area contributed by atoms with E-state index in [1.807, 2.05) is 0 Å². The Balaban J connectivity index is 1.73. The zero-order valence-electron chi connectivity index (χ0n) is 10.9. The van der Waals surface area contributed by atoms with Crippen molar-refractivity contribution in [2.75, 3.05) is 26.2 Å². The van der Waals surface area contributed by atoms with E-state index in [0.717, 1.165) is 45.3 Å². The van der Waals surface area contributed by atoms with Crippen LogP contribution in [0.25, 0.3) is 0 Å². The van der Waals surface area contributed by atoms with Gasteiger partial charge in [0.05, 0.1) is 5.54 Å². The van der Waals surface area contributed by atoms with E-state index in [-0.39, 0.29) is 5.91 Å². The van der Waals surface area contributed by atoms with Crippen molar-refractivity contribution < 1.29 is 4.79 Å². The molecular weight excluding hydrogens is 214 g/mol. The predicted octanol–water partition coefficient (Wildman–Crippen LogP) is 0.716. The van der Waals surface area contributed by atoms with E-state index < -0.39 is 5.54 Å². The number of nitrogens with zero attached hydrogens (tertiary/aromatic N) is 1. The molecule has 98 valence electrons. The first-order valence-electron chi connectivity index (χ1n) is 6.93. The molecule has 4 heteroatoms. The quantitative estimate of drug-likeness (QED) is 0.760. The summed E-state index contributed by atoms with van der Waals surface area (Å²) in [6.45, 7) is 6.40. The Bertz CT molecular complexity index is 274. The summed E-state index contributed by atoms with van der Waals surface area (Å²) in [6, 6.07) is 0. The van der Waals surface area contributed by atoms with Gasteiger partial charge in [0.15, 0.2) is 0 Å². The first-order chi connectivity index (χ1) is 8.14. The monoisotopic (exact) mass is 239 g/mol. The van der Waals surface area contributed by atoms with Crippen molar-refractivity contribution in [3.05, 3.63) is 0 Å². The number of hydrogen-bond acceptors (Lipinski definition) is 3. The Kier molecular flexibility index (Phi) is 4.05. The maximum Gasteiger partial charge on any atom is 0.240 e. The van der Waals surface area contributed by atoms with Crippen molar-refractivity contribution in [3.63, 3.8) is 0 Å². The lowest BCUT2D eigenvalue weighted by molar-refractivity contribution is -0.126. The zero-order chi connectivity index (χ0) is 12.3. The number of carbonyl (C=O) groups excluding carboxylic acids is 1. The maximum absolute atomic E-state index is 12.0. The Morgan fingerprint density at radius 2 is 2.18 bits per heavy atom. The lowest BCUT2D eigenvalue weighted by Gasteiger charge is -2.23. The predicted molar refractivity (Wildman–Crippen MR) is 68.6 cm³/mol. The van der Waals surface area contributed by atoms with Gasteiger partial charge in [-0.15, -0.1) is 0 Å². The van der Waals surface area contributed by atoms with Crippen LogP contribution in [0.2, 0.25) is 0 Å². The van der Waals surface area contributed by atoms with Crippen LogP contribution < -0.4 is 11.1 Å². The van der Waals surface area contributed by atoms with Crippen LogP contribution in [-0.2, 0) is 4.79 Å². The number of rotatable bonds is 4. The largest absolute Gasteiger partial charge is 0.354 e. The number of nitrogens with two attached hydrogens (primary N) is 1. The molecule has 1 saturated heterocycles. The second-order valence-corrected chi connectivity index (χ2v) is 5.62. The highest BCUT2D eigenvalue weighted by Gasteiger charge is 2.37. The summed E-state index contributed by atoms with van der Waals surface area (Å²) < 4.78 is 0. The van der Waals surface area contributed by atoms with Crippen LogP contribution in [0.1, 0.15) is 39.0 Å². The molecule has 0 aromatic heterocycles. The molecule has 1 unspecified atom stereocenters. The molecule has 1 heterocycles. The third kappa shape index (κ3) is 2.99. The van der Waals surface area contributed by atoms with Crippen LogP contribution in [0.4, 0.5) is 0 Å². The summed E-state index contributed by atoms with van der Waals surface area (Å²) >= 11 is 0. The molecule has 1 saturated carbocycles. The lowest BCUT2D eigenvalue weighted by Crippen LogP contribution is -2.52. The fourth-order valence-electron chi connectivity index (χ4n) is 3.01. The normalized spacial score (nSPS) is 28.5. The highest BCUT2D eigenvalue weighted by Crippen LogP contribution is 2.27. The minimum absolute atomic E-state index is 0.0740. The highest BCUT2D eigenvalue weighted by molar-refractivity contribution is 5.86. The van der Waals surface area contributed by atoms with Gasteiger partial charge in [-0.05, 0) is 38.3 Å². The molecule has 2 rings (SSSR count). The number of hydrogen-bond donors (Lipinski definition) is 2. The molecule has 0 aromatic carbocycles. The van der Waals surface area contributed by atoms with Crippen LogP contribution in [0.15, 0.2) is 0 Å². The average Bonchev–Trinajstić information content (AvgIpc) is 2.95. The molecule has 2 fully saturated rings. The minimum atomic E-state index is -0.566. The van der Waals surface area contributed by atoms with E-state index in [1.165, 1.54) is 13.0 Å². The van der Waals surface area contributed by atoms with Crippen molar-refractivity contribution in [3.8, 4) is 0 Å². The average molecular weight is 239 g/mol. The zero-order valence-corrected chi connectivity index (χ0v) is 10.9. The molecule has 0 aromatic rings. The Hall–Kier alpha value is -0.610. The molecule has 0 spiro atoms. The minimum Gasteiger partial charge on any atom is -0.354 e. The van der Waals surface area contributed by atoms with Crippen molar-refractivity contribution in [2.24, 2.45) is 11.7 Å². The van der Waals surface area contributed by atoms with Gasteiger partial charge in [0.1, 0.15) is 0 Å². The number of likely N-dealkylation sites (tertiary alicyclic amines) is 1. The van der Waals surface area contributed by atoms with Crippen molar-refractivity contribution in [1.29, 1.82) is 0 Å². The van der Waals surface area contributed by atoms with Crippen LogP contribution in [-0.4, -0.2) is 42.5 Å². The van der Waals surface area contributed by atoms with Crippen molar-refractivity contribution >= 4 is 5.91 Å². The van der Waals surface area contributed by atoms with Gasteiger partial charge in [-0.1, -0.05) is 19.8 Å². The number of carbonyl (C=O) groups is 1. The third-order valence-corrected chi connectivity index (χ3v) is 4.32. The lowest BCUT2D eigenvalue weighted by atomic mass is 9.97. The molecule has 1 amide bonds. The van der Waals surface area contributed by atoms with Crippen molar-refractivity contribution in [2.45, 2.75) is 44.6 Å². The van der Waals surface area contributed by atoms with Gasteiger partial charge < -0.3 is 16.0 Å². The number of amides is 1. The number of nitrogens with one attached hydrogen (secondary N) is 1. The molecule has 1 aliphatic heterocycles. The van der Waals surface area contributed by atoms with E-state index in [9.17, 15) is 4.79 Å². The third-order valence-electron chi connectivity index (χ3n) is 4.32. The molecule has 1 aliphatic carbocycles. The van der Waals surface area contributed by atoms with Crippen LogP contribution in [0.5, 0.6) is 0 Å². The van der Waals surface area contributed by atoms with Gasteiger partial charge in [-0.25, -0.2) is 0 Å². The molecular formula is C13H25N3O. The summed E-state index contributed by atoms with van der Waals surface area (Å²) in [7, 11) is 0. The van der Waals surface area contributed by atoms with Crippen molar-refractivity contribution in [1.82, 2.24) is 10.2 Å². The van der Waals surface area contributed by atoms with E-state index in [0.29, 0.717) is 5.92 Å². The summed E-state index contributed by atoms with van der Waals surface area (Å²) in [5.74, 6) is 0.689. The van der Waals surface area contributed by atoms with Gasteiger partial charge >= 0.3 is 0 Å². The first-order valence-corrected chi connectivity index (χ1v) is 6.93. The molecule has 4 nitrogen and oxygen atoms in total. The molecule has 0 bridgehead atoms. The van der Waals surface area contributed by atoms with Crippen LogP contribution in [0, 0.1) is 5.92 Å². The Labute approximate surface area is 104 Å². The van der Waals surface area contributed by atoms with Gasteiger partial charge in [0.2, 0.25) is 5.91 Å². The van der Waals surface area contributed by atoms with E-state index in [1.54, 1.807) is 0 Å². The fourth-order valence-corrected chi connectivity index (χ4v) is 3.01. The van der Waals surface area contributed by atoms with E-state index >= 15 is 0 Å². The fraction of sp³-hybridized carbons (Fsp3) is 0.923. The SMILES string of the molecule is CCN1CCC(CNC(=O)C2(N)CCCC2)C1. The van der Waals surface area contributed by atoms with Crippen LogP contribution in [0.3, 0.4) is 0 Å². The maximum atomic E-state index is 12.0. The molecule has 3 N–H and O–H groups in total. The second-order valence-electron chi connectivity index (χ2n) is 5.62. The summed E-state index contributed by atoms with van der Waals surface area (Å²) in [6.07, 6.45) is 5.09. The summed E-state index contributed by atoms with van der Waals surface area (Å²) in [5.41, 5.74) is 5.55. The Morgan fingerprint density at radius 1 is 1.47 bits per heavy atom. The van der Waals surface area contributed by atoms with E-state index in [4.69, 9.17) is 5.73 Å². The smallest absolute Gasteiger partial charge is 0.240 e. The standard InChI is InChI=1S/C13H25N3O/c1-2-16-8-5-11(10-16)9-15-12(17)13(14)6-3-4-7-13/h11H,2-10,14H2,1H3,(H,15,17). The second kappa shape index (κ2) is 5.36. The first kappa shape index (κ1) is 12.8. The molecule has 1 atom stereocenters. The topological polar surface area (TPSA) is 58.4 Å². The molecule has 0 radical (unpaired) electrons. The molecule has 17 heavy (non-hydrogen) atoms. The van der Waals surface area contributed by atoms with Crippen LogP contribution >= 0.6 is 0 Å². The van der Waals surface area contributed by atoms with Gasteiger partial charge in [-0.2, -0.15) is 0 Å². The summed E-state index contributed by atoms with van der Waals surface area (Å²) in [4.78, 5) is 14.5. The van der Waals surface area contributed by atoms with Gasteiger partial charge in [0.25, 0.3) is 0 Å². The van der Waals surface area contributed by atoms with Gasteiger partial charge in [0, 0.05) is 13.1 Å². The molecule has 2 aliphatic rings.